The van der Waals surface area contributed by atoms with Crippen molar-refractivity contribution in [2.45, 2.75) is 12.6 Å². The van der Waals surface area contributed by atoms with Crippen molar-refractivity contribution in [2.75, 3.05) is 5.32 Å². The molecule has 29 heavy (non-hydrogen) atoms. The first-order chi connectivity index (χ1) is 13.9. The zero-order valence-corrected chi connectivity index (χ0v) is 15.6. The first kappa shape index (κ1) is 19.0. The third-order valence-electron chi connectivity index (χ3n) is 4.09. The summed E-state index contributed by atoms with van der Waals surface area (Å²) in [6.07, 6.45) is -1.18. The van der Waals surface area contributed by atoms with Crippen molar-refractivity contribution < 1.29 is 18.0 Å². The highest BCUT2D eigenvalue weighted by Crippen LogP contribution is 2.30. The van der Waals surface area contributed by atoms with Gasteiger partial charge in [0.25, 0.3) is 5.91 Å². The monoisotopic (exact) mass is 414 g/mol. The molecule has 4 rings (SSSR count). The van der Waals surface area contributed by atoms with Crippen LogP contribution in [0.2, 0.25) is 0 Å². The summed E-state index contributed by atoms with van der Waals surface area (Å²) in [5, 5.41) is 2.99. The number of carbonyl (C=O) groups is 1. The fourth-order valence-corrected chi connectivity index (χ4v) is 3.58. The summed E-state index contributed by atoms with van der Waals surface area (Å²) in [5.74, 6) is -0.455. The Morgan fingerprint density at radius 2 is 1.79 bits per heavy atom. The number of amides is 1. The van der Waals surface area contributed by atoms with Gasteiger partial charge in [0.2, 0.25) is 0 Å². The van der Waals surface area contributed by atoms with Gasteiger partial charge in [-0.05, 0) is 23.8 Å². The van der Waals surface area contributed by atoms with Crippen LogP contribution in [0.4, 0.5) is 18.3 Å². The number of halogens is 3. The summed E-state index contributed by atoms with van der Waals surface area (Å²) in [6, 6.07) is 12.3. The Bertz CT molecular complexity index is 1190. The number of alkyl halides is 3. The molecule has 146 valence electrons. The number of benzene rings is 2. The second kappa shape index (κ2) is 7.59. The highest BCUT2D eigenvalue weighted by molar-refractivity contribution is 7.15. The second-order valence-electron chi connectivity index (χ2n) is 6.20. The predicted molar refractivity (Wildman–Crippen MR) is 104 cm³/mol. The fourth-order valence-electron chi connectivity index (χ4n) is 2.73. The average Bonchev–Trinajstić information content (AvgIpc) is 3.13. The van der Waals surface area contributed by atoms with E-state index in [0.29, 0.717) is 21.7 Å². The summed E-state index contributed by atoms with van der Waals surface area (Å²) in [5.41, 5.74) is 1.26. The molecule has 0 radical (unpaired) electrons. The zero-order chi connectivity index (χ0) is 20.4. The molecule has 1 amide bonds. The molecule has 5 nitrogen and oxygen atoms in total. The molecule has 9 heteroatoms. The van der Waals surface area contributed by atoms with Gasteiger partial charge in [0.05, 0.1) is 22.8 Å². The Morgan fingerprint density at radius 1 is 1.00 bits per heavy atom. The van der Waals surface area contributed by atoms with E-state index in [1.165, 1.54) is 29.8 Å². The Kier molecular flexibility index (Phi) is 4.98. The largest absolute Gasteiger partial charge is 0.416 e. The number of anilines is 1. The zero-order valence-electron chi connectivity index (χ0n) is 14.8. The summed E-state index contributed by atoms with van der Waals surface area (Å²) < 4.78 is 38.5. The van der Waals surface area contributed by atoms with E-state index in [9.17, 15) is 18.0 Å². The van der Waals surface area contributed by atoms with Crippen LogP contribution in [0.25, 0.3) is 11.0 Å². The maximum atomic E-state index is 12.8. The van der Waals surface area contributed by atoms with Gasteiger partial charge in [0, 0.05) is 17.5 Å². The molecule has 0 saturated heterocycles. The fraction of sp³-hybridized carbons (Fsp3) is 0.100. The van der Waals surface area contributed by atoms with Crippen LogP contribution in [0.3, 0.4) is 0 Å². The standard InChI is InChI=1S/C20H13F3N4OS/c21-20(22,23)13-5-3-4-12(8-13)9-14-10-25-19(29-14)27-18(28)17-11-24-15-6-1-2-7-16(15)26-17/h1-8,10-11H,9H2,(H,25,27,28). The topological polar surface area (TPSA) is 67.8 Å². The lowest BCUT2D eigenvalue weighted by molar-refractivity contribution is -0.137. The van der Waals surface area contributed by atoms with Gasteiger partial charge in [-0.15, -0.1) is 11.3 Å². The van der Waals surface area contributed by atoms with Crippen molar-refractivity contribution in [1.82, 2.24) is 15.0 Å². The van der Waals surface area contributed by atoms with Crippen LogP contribution in [0.5, 0.6) is 0 Å². The number of aromatic nitrogens is 3. The molecule has 0 atom stereocenters. The number of fused-ring (bicyclic) bond motifs is 1. The molecule has 0 aliphatic rings. The van der Waals surface area contributed by atoms with E-state index in [1.54, 1.807) is 24.3 Å². The van der Waals surface area contributed by atoms with Crippen LogP contribution >= 0.6 is 11.3 Å². The van der Waals surface area contributed by atoms with Crippen LogP contribution in [0.1, 0.15) is 26.5 Å². The van der Waals surface area contributed by atoms with E-state index in [1.807, 2.05) is 6.07 Å². The van der Waals surface area contributed by atoms with Gasteiger partial charge in [0.15, 0.2) is 5.13 Å². The second-order valence-corrected chi connectivity index (χ2v) is 7.32. The van der Waals surface area contributed by atoms with Gasteiger partial charge >= 0.3 is 6.18 Å². The van der Waals surface area contributed by atoms with E-state index in [-0.39, 0.29) is 12.1 Å². The van der Waals surface area contributed by atoms with Gasteiger partial charge in [-0.1, -0.05) is 30.3 Å². The normalized spacial score (nSPS) is 11.6. The van der Waals surface area contributed by atoms with Crippen LogP contribution in [0, 0.1) is 0 Å². The summed E-state index contributed by atoms with van der Waals surface area (Å²) in [7, 11) is 0. The highest BCUT2D eigenvalue weighted by Gasteiger charge is 2.30. The van der Waals surface area contributed by atoms with Crippen molar-refractivity contribution in [3.05, 3.63) is 82.6 Å². The molecule has 0 spiro atoms. The molecular formula is C20H13F3N4OS. The number of nitrogens with one attached hydrogen (secondary N) is 1. The molecule has 0 bridgehead atoms. The number of carbonyl (C=O) groups excluding carboxylic acids is 1. The molecule has 0 unspecified atom stereocenters. The molecule has 2 aromatic carbocycles. The molecule has 2 heterocycles. The number of para-hydroxylation sites is 2. The van der Waals surface area contributed by atoms with Crippen LogP contribution in [-0.2, 0) is 12.6 Å². The third kappa shape index (κ3) is 4.40. The van der Waals surface area contributed by atoms with Crippen LogP contribution in [0.15, 0.2) is 60.9 Å². The van der Waals surface area contributed by atoms with Crippen molar-refractivity contribution in [1.29, 1.82) is 0 Å². The van der Waals surface area contributed by atoms with E-state index >= 15 is 0 Å². The Labute approximate surface area is 167 Å². The SMILES string of the molecule is O=C(Nc1ncc(Cc2cccc(C(F)(F)F)c2)s1)c1cnc2ccccc2n1. The number of nitrogens with zero attached hydrogens (tertiary/aromatic N) is 3. The number of rotatable bonds is 4. The molecule has 0 saturated carbocycles. The maximum Gasteiger partial charge on any atom is 0.416 e. The molecule has 2 aromatic heterocycles. The van der Waals surface area contributed by atoms with E-state index in [0.717, 1.165) is 17.0 Å². The molecular weight excluding hydrogens is 401 g/mol. The van der Waals surface area contributed by atoms with Crippen LogP contribution < -0.4 is 5.32 Å². The predicted octanol–water partition coefficient (Wildman–Crippen LogP) is 4.95. The van der Waals surface area contributed by atoms with E-state index in [4.69, 9.17) is 0 Å². The van der Waals surface area contributed by atoms with E-state index in [2.05, 4.69) is 20.3 Å². The van der Waals surface area contributed by atoms with Gasteiger partial charge in [-0.25, -0.2) is 9.97 Å². The van der Waals surface area contributed by atoms with Crippen molar-refractivity contribution in [3.63, 3.8) is 0 Å². The quantitative estimate of drug-likeness (QED) is 0.513. The van der Waals surface area contributed by atoms with Gasteiger partial charge < -0.3 is 0 Å². The minimum atomic E-state index is -4.39. The molecule has 1 N–H and O–H groups in total. The van der Waals surface area contributed by atoms with Crippen molar-refractivity contribution in [2.24, 2.45) is 0 Å². The molecule has 0 aliphatic heterocycles. The lowest BCUT2D eigenvalue weighted by Gasteiger charge is -2.07. The minimum absolute atomic E-state index is 0.151. The number of hydrogen-bond acceptors (Lipinski definition) is 5. The smallest absolute Gasteiger partial charge is 0.296 e. The molecule has 0 aliphatic carbocycles. The Morgan fingerprint density at radius 3 is 2.59 bits per heavy atom. The molecule has 4 aromatic rings. The summed E-state index contributed by atoms with van der Waals surface area (Å²) in [4.78, 5) is 25.7. The third-order valence-corrected chi connectivity index (χ3v) is 5.00. The van der Waals surface area contributed by atoms with E-state index < -0.39 is 17.6 Å². The Balaban J connectivity index is 1.47. The van der Waals surface area contributed by atoms with Crippen molar-refractivity contribution in [3.8, 4) is 0 Å². The maximum absolute atomic E-state index is 12.8. The minimum Gasteiger partial charge on any atom is -0.296 e. The lowest BCUT2D eigenvalue weighted by atomic mass is 10.1. The van der Waals surface area contributed by atoms with Gasteiger partial charge in [-0.3, -0.25) is 15.1 Å². The first-order valence-corrected chi connectivity index (χ1v) is 9.34. The Hall–Kier alpha value is -3.33. The average molecular weight is 414 g/mol. The summed E-state index contributed by atoms with van der Waals surface area (Å²) in [6.45, 7) is 0. The van der Waals surface area contributed by atoms with Crippen molar-refractivity contribution >= 4 is 33.4 Å². The number of hydrogen-bond donors (Lipinski definition) is 1. The first-order valence-electron chi connectivity index (χ1n) is 8.52. The van der Waals surface area contributed by atoms with Crippen LogP contribution in [-0.4, -0.2) is 20.9 Å². The molecule has 0 fully saturated rings. The summed E-state index contributed by atoms with van der Waals surface area (Å²) >= 11 is 1.20. The lowest BCUT2D eigenvalue weighted by Crippen LogP contribution is -2.13. The number of thiazole rings is 1. The van der Waals surface area contributed by atoms with Gasteiger partial charge in [0.1, 0.15) is 5.69 Å². The van der Waals surface area contributed by atoms with Gasteiger partial charge in [-0.2, -0.15) is 13.2 Å². The highest BCUT2D eigenvalue weighted by atomic mass is 32.1.